The summed E-state index contributed by atoms with van der Waals surface area (Å²) < 4.78 is 42.7. The van der Waals surface area contributed by atoms with Crippen LogP contribution in [0, 0.1) is 17.7 Å². The number of esters is 1. The molecule has 0 aliphatic carbocycles. The molecule has 3 aromatic rings. The van der Waals surface area contributed by atoms with Gasteiger partial charge in [-0.25, -0.2) is 4.39 Å². The molecule has 1 saturated heterocycles. The molecule has 1 amide bonds. The van der Waals surface area contributed by atoms with Gasteiger partial charge >= 0.3 is 5.97 Å². The number of hydrogen-bond acceptors (Lipinski definition) is 6. The Morgan fingerprint density at radius 1 is 1.00 bits per heavy atom. The average Bonchev–Trinajstić information content (AvgIpc) is 3.36. The number of ether oxygens (including phenoxy) is 3. The van der Waals surface area contributed by atoms with Crippen molar-refractivity contribution in [3.05, 3.63) is 104 Å². The minimum Gasteiger partial charge on any atom is -0.466 e. The summed E-state index contributed by atoms with van der Waals surface area (Å²) in [6, 6.07) is 17.0. The van der Waals surface area contributed by atoms with Crippen LogP contribution >= 0.6 is 23.2 Å². The standard InChI is InChI=1S/C41H54Cl2FNO6Si2/c1-10-40(51-53(7,8)9,29-19-21-49-22-20-29)31-25-34-36(35(44)26-31)41(48-3,30-13-17-33(43)18-14-30)45(38(34)46)37(28-11-15-32(42)16-12-28)27(2)39(47)50-23-24-52(4,5)6/h11-18,25-27,29,37H,10,19-24H2,1-9H3/t27-,37-,40-,41?/m0/s1. The highest BCUT2D eigenvalue weighted by molar-refractivity contribution is 6.76. The van der Waals surface area contributed by atoms with Crippen molar-refractivity contribution < 1.29 is 32.6 Å². The molecule has 0 aromatic heterocycles. The first-order valence-electron chi connectivity index (χ1n) is 18.6. The Labute approximate surface area is 326 Å². The molecule has 12 heteroatoms. The first kappa shape index (κ1) is 41.6. The second-order valence-corrected chi connectivity index (χ2v) is 27.4. The number of carbonyl (C=O) groups excluding carboxylic acids is 2. The number of hydrogen-bond donors (Lipinski definition) is 0. The van der Waals surface area contributed by atoms with Crippen LogP contribution in [0.25, 0.3) is 0 Å². The van der Waals surface area contributed by atoms with Gasteiger partial charge in [-0.05, 0) is 105 Å². The van der Waals surface area contributed by atoms with Crippen molar-refractivity contribution in [2.75, 3.05) is 26.9 Å². The Morgan fingerprint density at radius 3 is 2.11 bits per heavy atom. The number of rotatable bonds is 14. The maximum absolute atomic E-state index is 17.5. The van der Waals surface area contributed by atoms with Gasteiger partial charge in [0.05, 0.1) is 35.3 Å². The van der Waals surface area contributed by atoms with Crippen LogP contribution in [0.5, 0.6) is 0 Å². The molecule has 0 radical (unpaired) electrons. The van der Waals surface area contributed by atoms with Crippen LogP contribution in [-0.2, 0) is 34.8 Å². The topological polar surface area (TPSA) is 74.3 Å². The molecule has 5 rings (SSSR count). The van der Waals surface area contributed by atoms with E-state index in [9.17, 15) is 4.79 Å². The van der Waals surface area contributed by atoms with Crippen molar-refractivity contribution in [1.29, 1.82) is 0 Å². The van der Waals surface area contributed by atoms with Crippen LogP contribution in [0.2, 0.25) is 55.4 Å². The lowest BCUT2D eigenvalue weighted by Gasteiger charge is -2.46. The summed E-state index contributed by atoms with van der Waals surface area (Å²) in [5.74, 6) is -2.39. The fourth-order valence-corrected chi connectivity index (χ4v) is 10.5. The Morgan fingerprint density at radius 2 is 1.58 bits per heavy atom. The van der Waals surface area contributed by atoms with Crippen molar-refractivity contribution in [2.24, 2.45) is 11.8 Å². The highest BCUT2D eigenvalue weighted by atomic mass is 35.5. The largest absolute Gasteiger partial charge is 0.466 e. The molecule has 0 N–H and O–H groups in total. The van der Waals surface area contributed by atoms with Crippen LogP contribution in [-0.4, -0.2) is 60.1 Å². The molecule has 288 valence electrons. The Hall–Kier alpha value is -2.58. The number of benzene rings is 3. The van der Waals surface area contributed by atoms with Gasteiger partial charge < -0.3 is 18.6 Å². The third-order valence-electron chi connectivity index (χ3n) is 10.6. The fourth-order valence-electron chi connectivity index (χ4n) is 8.05. The average molecular weight is 803 g/mol. The van der Waals surface area contributed by atoms with E-state index in [1.165, 1.54) is 18.1 Å². The summed E-state index contributed by atoms with van der Waals surface area (Å²) in [5, 5.41) is 0.958. The normalized spacial score (nSPS) is 20.5. The van der Waals surface area contributed by atoms with Gasteiger partial charge in [0.2, 0.25) is 0 Å². The van der Waals surface area contributed by atoms with Gasteiger partial charge in [0.1, 0.15) is 5.82 Å². The number of amides is 1. The van der Waals surface area contributed by atoms with E-state index in [0.717, 1.165) is 18.9 Å². The van der Waals surface area contributed by atoms with Crippen LogP contribution < -0.4 is 0 Å². The number of fused-ring (bicyclic) bond motifs is 1. The van der Waals surface area contributed by atoms with E-state index in [0.29, 0.717) is 46.4 Å². The molecule has 0 spiro atoms. The third-order valence-corrected chi connectivity index (χ3v) is 13.7. The van der Waals surface area contributed by atoms with Gasteiger partial charge in [-0.15, -0.1) is 0 Å². The lowest BCUT2D eigenvalue weighted by atomic mass is 9.74. The summed E-state index contributed by atoms with van der Waals surface area (Å²) in [6.07, 6.45) is 2.08. The van der Waals surface area contributed by atoms with E-state index in [1.54, 1.807) is 61.5 Å². The van der Waals surface area contributed by atoms with E-state index in [2.05, 4.69) is 46.2 Å². The second kappa shape index (κ2) is 16.3. The van der Waals surface area contributed by atoms with Crippen LogP contribution in [0.4, 0.5) is 4.39 Å². The predicted molar refractivity (Wildman–Crippen MR) is 214 cm³/mol. The van der Waals surface area contributed by atoms with Crippen LogP contribution in [0.15, 0.2) is 60.7 Å². The van der Waals surface area contributed by atoms with Crippen molar-refractivity contribution in [2.45, 2.75) is 95.8 Å². The molecule has 53 heavy (non-hydrogen) atoms. The Balaban J connectivity index is 1.77. The van der Waals surface area contributed by atoms with Crippen LogP contribution in [0.3, 0.4) is 0 Å². The van der Waals surface area contributed by atoms with E-state index in [-0.39, 0.29) is 23.7 Å². The maximum Gasteiger partial charge on any atom is 0.311 e. The van der Waals surface area contributed by atoms with Gasteiger partial charge in [-0.3, -0.25) is 14.5 Å². The molecular formula is C41H54Cl2FNO6Si2. The molecule has 2 aliphatic rings. The summed E-state index contributed by atoms with van der Waals surface area (Å²) in [5.41, 5.74) is -0.706. The summed E-state index contributed by atoms with van der Waals surface area (Å²) in [7, 11) is -2.28. The Bertz CT molecular complexity index is 1780. The molecule has 2 aliphatic heterocycles. The first-order chi connectivity index (χ1) is 24.9. The molecule has 1 fully saturated rings. The lowest BCUT2D eigenvalue weighted by Crippen LogP contribution is -2.51. The van der Waals surface area contributed by atoms with Crippen molar-refractivity contribution in [3.63, 3.8) is 0 Å². The molecule has 3 aromatic carbocycles. The SMILES string of the molecule is CC[C@@](O[Si](C)(C)C)(c1cc(F)c2c(c1)C(=O)N([C@H](c1ccc(Cl)cc1)[C@H](C)C(=O)OCC[Si](C)(C)C)C2(OC)c1ccc(Cl)cc1)C1CCOCC1. The molecule has 1 unspecified atom stereocenters. The van der Waals surface area contributed by atoms with Crippen molar-refractivity contribution in [3.8, 4) is 0 Å². The first-order valence-corrected chi connectivity index (χ1v) is 26.4. The van der Waals surface area contributed by atoms with Crippen LogP contribution in [0.1, 0.15) is 71.8 Å². The number of nitrogens with zero attached hydrogens (tertiary/aromatic N) is 1. The zero-order valence-corrected chi connectivity index (χ0v) is 36.0. The summed E-state index contributed by atoms with van der Waals surface area (Å²) in [6.45, 7) is 18.3. The second-order valence-electron chi connectivity index (χ2n) is 16.5. The monoisotopic (exact) mass is 801 g/mol. The fraction of sp³-hybridized carbons (Fsp3) is 0.512. The van der Waals surface area contributed by atoms with E-state index in [1.807, 2.05) is 0 Å². The molecule has 7 nitrogen and oxygen atoms in total. The molecular weight excluding hydrogens is 749 g/mol. The molecule has 0 bridgehead atoms. The van der Waals surface area contributed by atoms with Gasteiger partial charge in [0, 0.05) is 44.0 Å². The van der Waals surface area contributed by atoms with Gasteiger partial charge in [-0.1, -0.05) is 74.0 Å². The number of halogens is 3. The number of carbonyl (C=O) groups is 2. The lowest BCUT2D eigenvalue weighted by molar-refractivity contribution is -0.155. The molecule has 4 atom stereocenters. The van der Waals surface area contributed by atoms with E-state index in [4.69, 9.17) is 41.8 Å². The molecule has 2 heterocycles. The highest BCUT2D eigenvalue weighted by Crippen LogP contribution is 2.54. The maximum atomic E-state index is 17.5. The van der Waals surface area contributed by atoms with Gasteiger partial charge in [0.25, 0.3) is 5.91 Å². The predicted octanol–water partition coefficient (Wildman–Crippen LogP) is 10.6. The quantitative estimate of drug-likeness (QED) is 0.119. The van der Waals surface area contributed by atoms with E-state index < -0.39 is 57.4 Å². The third kappa shape index (κ3) is 8.49. The van der Waals surface area contributed by atoms with E-state index >= 15 is 9.18 Å². The number of methoxy groups -OCH3 is 1. The smallest absolute Gasteiger partial charge is 0.311 e. The van der Waals surface area contributed by atoms with Gasteiger partial charge in [-0.2, -0.15) is 0 Å². The van der Waals surface area contributed by atoms with Gasteiger partial charge in [0.15, 0.2) is 14.0 Å². The summed E-state index contributed by atoms with van der Waals surface area (Å²) in [4.78, 5) is 30.9. The Kier molecular flexibility index (Phi) is 12.8. The zero-order chi connectivity index (χ0) is 38.9. The zero-order valence-electron chi connectivity index (χ0n) is 32.5. The summed E-state index contributed by atoms with van der Waals surface area (Å²) >= 11 is 12.7. The highest BCUT2D eigenvalue weighted by Gasteiger charge is 2.58. The molecule has 0 saturated carbocycles. The minimum absolute atomic E-state index is 0.0502. The minimum atomic E-state index is -2.22. The van der Waals surface area contributed by atoms with Crippen molar-refractivity contribution >= 4 is 51.5 Å². The van der Waals surface area contributed by atoms with Crippen molar-refractivity contribution in [1.82, 2.24) is 4.90 Å².